The molecule has 0 aliphatic heterocycles. The molecule has 5 heteroatoms. The van der Waals surface area contributed by atoms with Crippen LogP contribution in [0.1, 0.15) is 12.5 Å². The highest BCUT2D eigenvalue weighted by Gasteiger charge is 2.09. The number of carbonyl (C=O) groups is 2. The molecule has 0 aliphatic carbocycles. The average molecular weight is 243 g/mol. The second-order valence-electron chi connectivity index (χ2n) is 3.11. The second-order valence-corrected chi connectivity index (χ2v) is 3.53. The highest BCUT2D eigenvalue weighted by Crippen LogP contribution is 2.28. The van der Waals surface area contributed by atoms with Gasteiger partial charge in [-0.25, -0.2) is 0 Å². The van der Waals surface area contributed by atoms with E-state index in [-0.39, 0.29) is 6.42 Å². The highest BCUT2D eigenvalue weighted by molar-refractivity contribution is 6.63. The van der Waals surface area contributed by atoms with Crippen molar-refractivity contribution in [2.75, 3.05) is 7.11 Å². The van der Waals surface area contributed by atoms with Gasteiger partial charge in [-0.1, -0.05) is 6.07 Å². The fourth-order valence-corrected chi connectivity index (χ4v) is 1.38. The third-order valence-electron chi connectivity index (χ3n) is 1.82. The third-order valence-corrected chi connectivity index (χ3v) is 1.96. The van der Waals surface area contributed by atoms with Gasteiger partial charge in [0.05, 0.1) is 7.11 Å². The molecule has 0 amide bonds. The SMILES string of the molecule is COc1cc(CC(=O)Cl)ccc1OC(C)=O. The first-order chi connectivity index (χ1) is 7.52. The van der Waals surface area contributed by atoms with Crippen molar-refractivity contribution in [1.29, 1.82) is 0 Å². The first-order valence-corrected chi connectivity index (χ1v) is 4.94. The minimum Gasteiger partial charge on any atom is -0.493 e. The second kappa shape index (κ2) is 5.51. The van der Waals surface area contributed by atoms with E-state index in [0.717, 1.165) is 0 Å². The van der Waals surface area contributed by atoms with Gasteiger partial charge in [0.25, 0.3) is 0 Å². The van der Waals surface area contributed by atoms with Gasteiger partial charge < -0.3 is 9.47 Å². The maximum atomic E-state index is 10.8. The van der Waals surface area contributed by atoms with Crippen LogP contribution in [-0.2, 0) is 16.0 Å². The fourth-order valence-electron chi connectivity index (χ4n) is 1.22. The molecule has 86 valence electrons. The maximum absolute atomic E-state index is 10.8. The van der Waals surface area contributed by atoms with E-state index < -0.39 is 11.2 Å². The number of hydrogen-bond acceptors (Lipinski definition) is 4. The van der Waals surface area contributed by atoms with Crippen LogP contribution in [0.2, 0.25) is 0 Å². The molecular formula is C11H11ClO4. The molecule has 0 radical (unpaired) electrons. The molecule has 1 aromatic carbocycles. The van der Waals surface area contributed by atoms with Crippen LogP contribution in [0.4, 0.5) is 0 Å². The molecule has 0 unspecified atom stereocenters. The Hall–Kier alpha value is -1.55. The number of rotatable bonds is 4. The molecule has 1 rings (SSSR count). The van der Waals surface area contributed by atoms with E-state index in [1.54, 1.807) is 18.2 Å². The number of hydrogen-bond donors (Lipinski definition) is 0. The van der Waals surface area contributed by atoms with Gasteiger partial charge in [0.15, 0.2) is 11.5 Å². The summed E-state index contributed by atoms with van der Waals surface area (Å²) >= 11 is 5.27. The van der Waals surface area contributed by atoms with E-state index in [9.17, 15) is 9.59 Å². The molecule has 1 aromatic rings. The smallest absolute Gasteiger partial charge is 0.308 e. The van der Waals surface area contributed by atoms with Gasteiger partial charge >= 0.3 is 5.97 Å². The zero-order valence-corrected chi connectivity index (χ0v) is 9.71. The first kappa shape index (κ1) is 12.5. The van der Waals surface area contributed by atoms with Crippen LogP contribution < -0.4 is 9.47 Å². The van der Waals surface area contributed by atoms with Crippen molar-refractivity contribution in [1.82, 2.24) is 0 Å². The normalized spacial score (nSPS) is 9.69. The lowest BCUT2D eigenvalue weighted by atomic mass is 10.1. The van der Waals surface area contributed by atoms with Gasteiger partial charge in [-0.2, -0.15) is 0 Å². The number of ether oxygens (including phenoxy) is 2. The molecule has 0 spiro atoms. The summed E-state index contributed by atoms with van der Waals surface area (Å²) in [5.41, 5.74) is 0.702. The van der Waals surface area contributed by atoms with E-state index in [1.807, 2.05) is 0 Å². The van der Waals surface area contributed by atoms with Crippen molar-refractivity contribution in [3.63, 3.8) is 0 Å². The summed E-state index contributed by atoms with van der Waals surface area (Å²) < 4.78 is 9.95. The quantitative estimate of drug-likeness (QED) is 0.460. The third kappa shape index (κ3) is 3.55. The lowest BCUT2D eigenvalue weighted by Gasteiger charge is -2.08. The first-order valence-electron chi connectivity index (χ1n) is 4.56. The summed E-state index contributed by atoms with van der Waals surface area (Å²) in [7, 11) is 1.45. The summed E-state index contributed by atoms with van der Waals surface area (Å²) in [5.74, 6) is 0.283. The van der Waals surface area contributed by atoms with E-state index >= 15 is 0 Å². The minimum atomic E-state index is -0.456. The van der Waals surface area contributed by atoms with E-state index in [2.05, 4.69) is 0 Å². The minimum absolute atomic E-state index is 0.109. The predicted octanol–water partition coefficient (Wildman–Crippen LogP) is 1.93. The van der Waals surface area contributed by atoms with Crippen molar-refractivity contribution >= 4 is 22.8 Å². The summed E-state index contributed by atoms with van der Waals surface area (Å²) in [6.45, 7) is 1.30. The highest BCUT2D eigenvalue weighted by atomic mass is 35.5. The molecule has 0 N–H and O–H groups in total. The summed E-state index contributed by atoms with van der Waals surface area (Å²) in [5, 5.41) is -0.456. The van der Waals surface area contributed by atoms with E-state index in [0.29, 0.717) is 17.1 Å². The van der Waals surface area contributed by atoms with Crippen molar-refractivity contribution in [2.45, 2.75) is 13.3 Å². The van der Waals surface area contributed by atoms with Crippen LogP contribution in [0.5, 0.6) is 11.5 Å². The maximum Gasteiger partial charge on any atom is 0.308 e. The number of methoxy groups -OCH3 is 1. The Balaban J connectivity index is 2.96. The molecule has 0 aromatic heterocycles. The van der Waals surface area contributed by atoms with Gasteiger partial charge in [-0.15, -0.1) is 0 Å². The Bertz CT molecular complexity index is 414. The molecule has 0 saturated carbocycles. The summed E-state index contributed by atoms with van der Waals surface area (Å²) in [6.07, 6.45) is 0.109. The molecule has 0 fully saturated rings. The summed E-state index contributed by atoms with van der Waals surface area (Å²) in [4.78, 5) is 21.5. The largest absolute Gasteiger partial charge is 0.493 e. The Morgan fingerprint density at radius 1 is 1.31 bits per heavy atom. The van der Waals surface area contributed by atoms with Crippen molar-refractivity contribution in [3.8, 4) is 11.5 Å². The van der Waals surface area contributed by atoms with Gasteiger partial charge in [0.2, 0.25) is 5.24 Å². The van der Waals surface area contributed by atoms with Gasteiger partial charge in [0.1, 0.15) is 0 Å². The summed E-state index contributed by atoms with van der Waals surface area (Å²) in [6, 6.07) is 4.83. The van der Waals surface area contributed by atoms with Crippen LogP contribution in [0.25, 0.3) is 0 Å². The van der Waals surface area contributed by atoms with Crippen LogP contribution in [0.3, 0.4) is 0 Å². The number of carbonyl (C=O) groups excluding carboxylic acids is 2. The number of benzene rings is 1. The number of halogens is 1. The lowest BCUT2D eigenvalue weighted by molar-refractivity contribution is -0.132. The molecule has 0 aliphatic rings. The molecule has 0 saturated heterocycles. The van der Waals surface area contributed by atoms with E-state index in [4.69, 9.17) is 21.1 Å². The van der Waals surface area contributed by atoms with Crippen LogP contribution in [-0.4, -0.2) is 18.3 Å². The molecule has 0 bridgehead atoms. The average Bonchev–Trinajstić information content (AvgIpc) is 2.18. The molecular weight excluding hydrogens is 232 g/mol. The van der Waals surface area contributed by atoms with Gasteiger partial charge in [0, 0.05) is 13.3 Å². The fraction of sp³-hybridized carbons (Fsp3) is 0.273. The number of esters is 1. The zero-order chi connectivity index (χ0) is 12.1. The van der Waals surface area contributed by atoms with Gasteiger partial charge in [-0.05, 0) is 29.3 Å². The predicted molar refractivity (Wildman–Crippen MR) is 58.9 cm³/mol. The van der Waals surface area contributed by atoms with Crippen LogP contribution in [0.15, 0.2) is 18.2 Å². The topological polar surface area (TPSA) is 52.6 Å². The van der Waals surface area contributed by atoms with Crippen LogP contribution >= 0.6 is 11.6 Å². The Kier molecular flexibility index (Phi) is 4.31. The Morgan fingerprint density at radius 3 is 2.50 bits per heavy atom. The van der Waals surface area contributed by atoms with Crippen molar-refractivity contribution in [2.24, 2.45) is 0 Å². The zero-order valence-electron chi connectivity index (χ0n) is 8.95. The van der Waals surface area contributed by atoms with E-state index in [1.165, 1.54) is 14.0 Å². The Morgan fingerprint density at radius 2 is 2.00 bits per heavy atom. The van der Waals surface area contributed by atoms with Gasteiger partial charge in [-0.3, -0.25) is 9.59 Å². The molecule has 0 heterocycles. The molecule has 4 nitrogen and oxygen atoms in total. The molecule has 16 heavy (non-hydrogen) atoms. The molecule has 0 atom stereocenters. The lowest BCUT2D eigenvalue weighted by Crippen LogP contribution is -2.03. The van der Waals surface area contributed by atoms with Crippen LogP contribution in [0, 0.1) is 0 Å². The van der Waals surface area contributed by atoms with Crippen molar-refractivity contribution < 1.29 is 19.1 Å². The Labute approximate surface area is 98.1 Å². The monoisotopic (exact) mass is 242 g/mol. The van der Waals surface area contributed by atoms with Crippen molar-refractivity contribution in [3.05, 3.63) is 23.8 Å². The standard InChI is InChI=1S/C11H11ClO4/c1-7(13)16-9-4-3-8(6-11(12)14)5-10(9)15-2/h3-5H,6H2,1-2H3.